The van der Waals surface area contributed by atoms with Crippen LogP contribution in [0.25, 0.3) is 0 Å². The molecule has 4 heteroatoms. The molecule has 0 radical (unpaired) electrons. The molecule has 1 unspecified atom stereocenters. The highest BCUT2D eigenvalue weighted by atomic mass is 16.5. The van der Waals surface area contributed by atoms with Gasteiger partial charge in [-0.1, -0.05) is 0 Å². The van der Waals surface area contributed by atoms with Crippen LogP contribution in [0, 0.1) is 0 Å². The second-order valence-electron chi connectivity index (χ2n) is 3.75. The van der Waals surface area contributed by atoms with Crippen LogP contribution in [0.4, 0.5) is 0 Å². The van der Waals surface area contributed by atoms with Gasteiger partial charge in [-0.05, 0) is 30.7 Å². The van der Waals surface area contributed by atoms with Crippen LogP contribution in [0.1, 0.15) is 23.2 Å². The van der Waals surface area contributed by atoms with E-state index in [2.05, 4.69) is 5.32 Å². The van der Waals surface area contributed by atoms with Crippen LogP contribution < -0.4 is 10.1 Å². The van der Waals surface area contributed by atoms with E-state index in [0.29, 0.717) is 24.2 Å². The first-order valence-electron chi connectivity index (χ1n) is 5.18. The molecule has 4 nitrogen and oxygen atoms in total. The van der Waals surface area contributed by atoms with E-state index >= 15 is 0 Å². The minimum absolute atomic E-state index is 0.0338. The standard InChI is InChI=1S/C12H13NO3/c1-16-9-4-2-8(3-5-9)12(15)10-6-7-11(14)13-10/h2-5,10H,6-7H2,1H3,(H,13,14). The number of hydrogen-bond donors (Lipinski definition) is 1. The second-order valence-corrected chi connectivity index (χ2v) is 3.75. The van der Waals surface area contributed by atoms with E-state index in [1.165, 1.54) is 0 Å². The zero-order valence-electron chi connectivity index (χ0n) is 9.03. The minimum Gasteiger partial charge on any atom is -0.497 e. The van der Waals surface area contributed by atoms with E-state index in [4.69, 9.17) is 4.74 Å². The molecule has 2 rings (SSSR count). The molecule has 0 aromatic heterocycles. The molecule has 1 N–H and O–H groups in total. The van der Waals surface area contributed by atoms with Crippen molar-refractivity contribution in [3.63, 3.8) is 0 Å². The third-order valence-corrected chi connectivity index (χ3v) is 2.69. The van der Waals surface area contributed by atoms with Gasteiger partial charge >= 0.3 is 0 Å². The predicted octanol–water partition coefficient (Wildman–Crippen LogP) is 1.16. The van der Waals surface area contributed by atoms with Crippen LogP contribution in [0.5, 0.6) is 5.75 Å². The molecule has 0 bridgehead atoms. The molecule has 84 valence electrons. The molecule has 1 heterocycles. The minimum atomic E-state index is -0.360. The number of carbonyl (C=O) groups excluding carboxylic acids is 2. The van der Waals surface area contributed by atoms with Crippen LogP contribution in [0.3, 0.4) is 0 Å². The lowest BCUT2D eigenvalue weighted by Gasteiger charge is -2.08. The van der Waals surface area contributed by atoms with Gasteiger partial charge in [-0.25, -0.2) is 0 Å². The van der Waals surface area contributed by atoms with Gasteiger partial charge in [0.1, 0.15) is 5.75 Å². The summed E-state index contributed by atoms with van der Waals surface area (Å²) in [7, 11) is 1.58. The Hall–Kier alpha value is -1.84. The number of methoxy groups -OCH3 is 1. The van der Waals surface area contributed by atoms with Crippen LogP contribution in [-0.4, -0.2) is 24.8 Å². The Balaban J connectivity index is 2.11. The summed E-state index contributed by atoms with van der Waals surface area (Å²) in [5.74, 6) is 0.632. The van der Waals surface area contributed by atoms with E-state index in [-0.39, 0.29) is 17.7 Å². The molecule has 1 fully saturated rings. The van der Waals surface area contributed by atoms with Gasteiger partial charge < -0.3 is 10.1 Å². The summed E-state index contributed by atoms with van der Waals surface area (Å²) in [5, 5.41) is 2.66. The zero-order chi connectivity index (χ0) is 11.5. The van der Waals surface area contributed by atoms with Crippen molar-refractivity contribution < 1.29 is 14.3 Å². The molecule has 1 aromatic rings. The summed E-state index contributed by atoms with van der Waals surface area (Å²) in [6.45, 7) is 0. The van der Waals surface area contributed by atoms with E-state index in [9.17, 15) is 9.59 Å². The number of rotatable bonds is 3. The van der Waals surface area contributed by atoms with Crippen LogP contribution in [-0.2, 0) is 4.79 Å². The molecule has 1 atom stereocenters. The number of hydrogen-bond acceptors (Lipinski definition) is 3. The Labute approximate surface area is 93.6 Å². The highest BCUT2D eigenvalue weighted by Gasteiger charge is 2.27. The highest BCUT2D eigenvalue weighted by molar-refractivity contribution is 6.03. The molecule has 0 saturated carbocycles. The van der Waals surface area contributed by atoms with E-state index in [0.717, 1.165) is 0 Å². The maximum atomic E-state index is 11.9. The second kappa shape index (κ2) is 4.35. The van der Waals surface area contributed by atoms with Crippen molar-refractivity contribution in [1.29, 1.82) is 0 Å². The van der Waals surface area contributed by atoms with Gasteiger partial charge in [0.05, 0.1) is 13.2 Å². The number of ketones is 1. The Morgan fingerprint density at radius 3 is 2.56 bits per heavy atom. The maximum absolute atomic E-state index is 11.9. The van der Waals surface area contributed by atoms with Gasteiger partial charge in [-0.2, -0.15) is 0 Å². The smallest absolute Gasteiger partial charge is 0.220 e. The van der Waals surface area contributed by atoms with Crippen molar-refractivity contribution >= 4 is 11.7 Å². The molecule has 0 spiro atoms. The van der Waals surface area contributed by atoms with Crippen molar-refractivity contribution in [2.45, 2.75) is 18.9 Å². The first-order valence-corrected chi connectivity index (χ1v) is 5.18. The van der Waals surface area contributed by atoms with Gasteiger partial charge in [-0.3, -0.25) is 9.59 Å². The Morgan fingerprint density at radius 1 is 1.38 bits per heavy atom. The molecule has 16 heavy (non-hydrogen) atoms. The Kier molecular flexibility index (Phi) is 2.90. The fourth-order valence-electron chi connectivity index (χ4n) is 1.77. The highest BCUT2D eigenvalue weighted by Crippen LogP contribution is 2.16. The average Bonchev–Trinajstić information content (AvgIpc) is 2.75. The van der Waals surface area contributed by atoms with E-state index < -0.39 is 0 Å². The SMILES string of the molecule is COc1ccc(C(=O)C2CCC(=O)N2)cc1. The molecular formula is C12H13NO3. The lowest BCUT2D eigenvalue weighted by Crippen LogP contribution is -2.33. The molecule has 1 aromatic carbocycles. The predicted molar refractivity (Wildman–Crippen MR) is 58.5 cm³/mol. The lowest BCUT2D eigenvalue weighted by atomic mass is 10.0. The topological polar surface area (TPSA) is 55.4 Å². The molecular weight excluding hydrogens is 206 g/mol. The molecule has 1 aliphatic rings. The number of nitrogens with one attached hydrogen (secondary N) is 1. The number of benzene rings is 1. The summed E-state index contributed by atoms with van der Waals surface area (Å²) in [4.78, 5) is 22.9. The largest absolute Gasteiger partial charge is 0.497 e. The van der Waals surface area contributed by atoms with E-state index in [1.807, 2.05) is 0 Å². The van der Waals surface area contributed by atoms with E-state index in [1.54, 1.807) is 31.4 Å². The molecule has 1 amide bonds. The summed E-state index contributed by atoms with van der Waals surface area (Å²) < 4.78 is 5.01. The Bertz CT molecular complexity index is 411. The molecule has 0 aliphatic carbocycles. The fourth-order valence-corrected chi connectivity index (χ4v) is 1.77. The summed E-state index contributed by atoms with van der Waals surface area (Å²) in [6.07, 6.45) is 1.02. The lowest BCUT2D eigenvalue weighted by molar-refractivity contribution is -0.119. The maximum Gasteiger partial charge on any atom is 0.220 e. The third kappa shape index (κ3) is 2.05. The zero-order valence-corrected chi connectivity index (χ0v) is 9.03. The quantitative estimate of drug-likeness (QED) is 0.776. The van der Waals surface area contributed by atoms with Gasteiger partial charge in [-0.15, -0.1) is 0 Å². The first-order chi connectivity index (χ1) is 7.70. The number of ether oxygens (including phenoxy) is 1. The average molecular weight is 219 g/mol. The first kappa shape index (κ1) is 10.7. The fraction of sp³-hybridized carbons (Fsp3) is 0.333. The molecule has 1 aliphatic heterocycles. The summed E-state index contributed by atoms with van der Waals surface area (Å²) >= 11 is 0. The molecule has 1 saturated heterocycles. The number of Topliss-reactive ketones (excluding diaryl/α,β-unsaturated/α-hetero) is 1. The van der Waals surface area contributed by atoms with Gasteiger partial charge in [0.2, 0.25) is 5.91 Å². The Morgan fingerprint density at radius 2 is 2.06 bits per heavy atom. The normalized spacial score (nSPS) is 19.3. The number of carbonyl (C=O) groups is 2. The van der Waals surface area contributed by atoms with Crippen LogP contribution in [0.15, 0.2) is 24.3 Å². The van der Waals surface area contributed by atoms with Gasteiger partial charge in [0, 0.05) is 12.0 Å². The van der Waals surface area contributed by atoms with Crippen LogP contribution >= 0.6 is 0 Å². The third-order valence-electron chi connectivity index (χ3n) is 2.69. The van der Waals surface area contributed by atoms with Crippen molar-refractivity contribution in [2.24, 2.45) is 0 Å². The van der Waals surface area contributed by atoms with Crippen LogP contribution in [0.2, 0.25) is 0 Å². The van der Waals surface area contributed by atoms with Crippen molar-refractivity contribution in [3.05, 3.63) is 29.8 Å². The van der Waals surface area contributed by atoms with Gasteiger partial charge in [0.15, 0.2) is 5.78 Å². The van der Waals surface area contributed by atoms with Crippen molar-refractivity contribution in [3.8, 4) is 5.75 Å². The monoisotopic (exact) mass is 219 g/mol. The van der Waals surface area contributed by atoms with Crippen molar-refractivity contribution in [2.75, 3.05) is 7.11 Å². The number of amides is 1. The summed E-state index contributed by atoms with van der Waals surface area (Å²) in [6, 6.07) is 6.55. The van der Waals surface area contributed by atoms with Gasteiger partial charge in [0.25, 0.3) is 0 Å². The summed E-state index contributed by atoms with van der Waals surface area (Å²) in [5.41, 5.74) is 0.605. The van der Waals surface area contributed by atoms with Crippen molar-refractivity contribution in [1.82, 2.24) is 5.32 Å².